The summed E-state index contributed by atoms with van der Waals surface area (Å²) in [5.41, 5.74) is 1.28. The maximum Gasteiger partial charge on any atom is 0.265 e. The van der Waals surface area contributed by atoms with Crippen LogP contribution in [0.2, 0.25) is 5.02 Å². The molecule has 0 aliphatic carbocycles. The number of para-hydroxylation sites is 1. The van der Waals surface area contributed by atoms with E-state index in [1.165, 1.54) is 11.0 Å². The minimum atomic E-state index is -0.399. The highest BCUT2D eigenvalue weighted by Crippen LogP contribution is 2.35. The van der Waals surface area contributed by atoms with Crippen LogP contribution in [0.15, 0.2) is 66.7 Å². The Kier molecular flexibility index (Phi) is 6.04. The number of halogens is 2. The Hall–Kier alpha value is -3.58. The molecule has 1 N–H and O–H groups in total. The van der Waals surface area contributed by atoms with Gasteiger partial charge in [0.2, 0.25) is 0 Å². The summed E-state index contributed by atoms with van der Waals surface area (Å²) in [6.07, 6.45) is 0. The number of nitrogens with zero attached hydrogens (tertiary/aromatic N) is 1. The van der Waals surface area contributed by atoms with Gasteiger partial charge in [-0.1, -0.05) is 41.9 Å². The first-order chi connectivity index (χ1) is 15.0. The van der Waals surface area contributed by atoms with Gasteiger partial charge in [-0.3, -0.25) is 9.59 Å². The van der Waals surface area contributed by atoms with Crippen molar-refractivity contribution >= 4 is 34.8 Å². The SMILES string of the molecule is O=C(COc1ccccc1Cl)Nc1ccc2c(c1)N(Cc1ccccc1F)C(=O)CO2. The lowest BCUT2D eigenvalue weighted by Crippen LogP contribution is -2.38. The van der Waals surface area contributed by atoms with Gasteiger partial charge in [-0.2, -0.15) is 0 Å². The standard InChI is InChI=1S/C23H18ClFN2O4/c24-17-6-2-4-8-20(17)30-13-22(28)26-16-9-10-21-19(11-16)27(23(29)14-31-21)12-15-5-1-3-7-18(15)25/h1-11H,12-14H2,(H,26,28). The minimum Gasteiger partial charge on any atom is -0.482 e. The van der Waals surface area contributed by atoms with E-state index in [0.29, 0.717) is 33.5 Å². The number of hydrogen-bond acceptors (Lipinski definition) is 4. The predicted molar refractivity (Wildman–Crippen MR) is 115 cm³/mol. The number of ether oxygens (including phenoxy) is 2. The fourth-order valence-corrected chi connectivity index (χ4v) is 3.34. The maximum absolute atomic E-state index is 14.1. The molecule has 0 saturated heterocycles. The molecular weight excluding hydrogens is 423 g/mol. The fourth-order valence-electron chi connectivity index (χ4n) is 3.15. The van der Waals surface area contributed by atoms with Crippen molar-refractivity contribution in [1.29, 1.82) is 0 Å². The molecule has 0 atom stereocenters. The van der Waals surface area contributed by atoms with Crippen molar-refractivity contribution in [3.8, 4) is 11.5 Å². The molecule has 6 nitrogen and oxygen atoms in total. The highest BCUT2D eigenvalue weighted by atomic mass is 35.5. The van der Waals surface area contributed by atoms with Gasteiger partial charge in [-0.15, -0.1) is 0 Å². The van der Waals surface area contributed by atoms with Crippen LogP contribution in [-0.2, 0) is 16.1 Å². The van der Waals surface area contributed by atoms with Crippen molar-refractivity contribution in [2.75, 3.05) is 23.4 Å². The summed E-state index contributed by atoms with van der Waals surface area (Å²) in [6.45, 7) is -0.330. The molecule has 3 aromatic carbocycles. The molecule has 0 spiro atoms. The Labute approximate surface area is 183 Å². The van der Waals surface area contributed by atoms with E-state index in [1.54, 1.807) is 60.7 Å². The Morgan fingerprint density at radius 3 is 2.71 bits per heavy atom. The van der Waals surface area contributed by atoms with Crippen LogP contribution in [0.5, 0.6) is 11.5 Å². The van der Waals surface area contributed by atoms with Crippen LogP contribution in [0.3, 0.4) is 0 Å². The van der Waals surface area contributed by atoms with Crippen LogP contribution < -0.4 is 19.7 Å². The van der Waals surface area contributed by atoms with Crippen molar-refractivity contribution in [2.45, 2.75) is 6.54 Å². The van der Waals surface area contributed by atoms with Gasteiger partial charge < -0.3 is 19.7 Å². The van der Waals surface area contributed by atoms with E-state index in [4.69, 9.17) is 21.1 Å². The third-order valence-corrected chi connectivity index (χ3v) is 4.98. The zero-order chi connectivity index (χ0) is 21.8. The Morgan fingerprint density at radius 1 is 1.13 bits per heavy atom. The van der Waals surface area contributed by atoms with Crippen molar-refractivity contribution in [1.82, 2.24) is 0 Å². The first kappa shape index (κ1) is 20.7. The second-order valence-electron chi connectivity index (χ2n) is 6.81. The summed E-state index contributed by atoms with van der Waals surface area (Å²) in [4.78, 5) is 26.2. The molecule has 4 rings (SSSR count). The van der Waals surface area contributed by atoms with Crippen LogP contribution in [0.1, 0.15) is 5.56 Å². The average molecular weight is 441 g/mol. The Bertz CT molecular complexity index is 1140. The van der Waals surface area contributed by atoms with Crippen molar-refractivity contribution in [2.24, 2.45) is 0 Å². The molecular formula is C23H18ClFN2O4. The van der Waals surface area contributed by atoms with Gasteiger partial charge in [0.15, 0.2) is 13.2 Å². The number of carbonyl (C=O) groups is 2. The number of fused-ring (bicyclic) bond motifs is 1. The van der Waals surface area contributed by atoms with E-state index in [1.807, 2.05) is 0 Å². The molecule has 0 aromatic heterocycles. The lowest BCUT2D eigenvalue weighted by atomic mass is 10.1. The highest BCUT2D eigenvalue weighted by molar-refractivity contribution is 6.32. The zero-order valence-electron chi connectivity index (χ0n) is 16.3. The van der Waals surface area contributed by atoms with Crippen LogP contribution >= 0.6 is 11.6 Å². The van der Waals surface area contributed by atoms with E-state index in [2.05, 4.69) is 5.32 Å². The molecule has 2 amide bonds. The largest absolute Gasteiger partial charge is 0.482 e. The summed E-state index contributed by atoms with van der Waals surface area (Å²) >= 11 is 6.02. The quantitative estimate of drug-likeness (QED) is 0.616. The number of hydrogen-bond donors (Lipinski definition) is 1. The topological polar surface area (TPSA) is 67.9 Å². The van der Waals surface area contributed by atoms with E-state index < -0.39 is 11.7 Å². The smallest absolute Gasteiger partial charge is 0.265 e. The molecule has 0 radical (unpaired) electrons. The Balaban J connectivity index is 1.49. The summed E-state index contributed by atoms with van der Waals surface area (Å²) in [5.74, 6) is -0.226. The average Bonchev–Trinajstić information content (AvgIpc) is 2.76. The second kappa shape index (κ2) is 9.06. The lowest BCUT2D eigenvalue weighted by molar-refractivity contribution is -0.121. The van der Waals surface area contributed by atoms with Crippen molar-refractivity contribution < 1.29 is 23.5 Å². The van der Waals surface area contributed by atoms with Gasteiger partial charge in [0.25, 0.3) is 11.8 Å². The van der Waals surface area contributed by atoms with E-state index in [-0.39, 0.29) is 25.7 Å². The van der Waals surface area contributed by atoms with Gasteiger partial charge in [0.1, 0.15) is 17.3 Å². The van der Waals surface area contributed by atoms with Gasteiger partial charge in [-0.05, 0) is 36.4 Å². The second-order valence-corrected chi connectivity index (χ2v) is 7.22. The molecule has 158 valence electrons. The number of rotatable bonds is 6. The number of anilines is 2. The van der Waals surface area contributed by atoms with Crippen LogP contribution in [0.4, 0.5) is 15.8 Å². The lowest BCUT2D eigenvalue weighted by Gasteiger charge is -2.30. The van der Waals surface area contributed by atoms with Crippen molar-refractivity contribution in [3.05, 3.63) is 83.1 Å². The van der Waals surface area contributed by atoms with Gasteiger partial charge in [0.05, 0.1) is 17.3 Å². The molecule has 1 heterocycles. The summed E-state index contributed by atoms with van der Waals surface area (Å²) in [7, 11) is 0. The molecule has 0 unspecified atom stereocenters. The van der Waals surface area contributed by atoms with E-state index >= 15 is 0 Å². The molecule has 3 aromatic rings. The van der Waals surface area contributed by atoms with Gasteiger partial charge in [0, 0.05) is 11.3 Å². The van der Waals surface area contributed by atoms with Crippen LogP contribution in [-0.4, -0.2) is 25.0 Å². The predicted octanol–water partition coefficient (Wildman–Crippen LogP) is 4.42. The first-order valence-electron chi connectivity index (χ1n) is 9.49. The number of benzene rings is 3. The van der Waals surface area contributed by atoms with Crippen LogP contribution in [0, 0.1) is 5.82 Å². The fraction of sp³-hybridized carbons (Fsp3) is 0.130. The van der Waals surface area contributed by atoms with Gasteiger partial charge in [-0.25, -0.2) is 4.39 Å². The third-order valence-electron chi connectivity index (χ3n) is 4.67. The molecule has 8 heteroatoms. The van der Waals surface area contributed by atoms with Gasteiger partial charge >= 0.3 is 0 Å². The third kappa shape index (κ3) is 4.78. The molecule has 0 bridgehead atoms. The van der Waals surface area contributed by atoms with E-state index in [0.717, 1.165) is 0 Å². The summed E-state index contributed by atoms with van der Waals surface area (Å²) < 4.78 is 25.0. The highest BCUT2D eigenvalue weighted by Gasteiger charge is 2.27. The Morgan fingerprint density at radius 2 is 1.90 bits per heavy atom. The van der Waals surface area contributed by atoms with Crippen molar-refractivity contribution in [3.63, 3.8) is 0 Å². The summed E-state index contributed by atoms with van der Waals surface area (Å²) in [6, 6.07) is 18.0. The number of amides is 2. The van der Waals surface area contributed by atoms with Crippen LogP contribution in [0.25, 0.3) is 0 Å². The number of nitrogens with one attached hydrogen (secondary N) is 1. The molecule has 0 saturated carbocycles. The normalized spacial score (nSPS) is 12.7. The minimum absolute atomic E-state index is 0.0505. The molecule has 1 aliphatic heterocycles. The monoisotopic (exact) mass is 440 g/mol. The summed E-state index contributed by atoms with van der Waals surface area (Å²) in [5, 5.41) is 3.12. The zero-order valence-corrected chi connectivity index (χ0v) is 17.1. The molecule has 0 fully saturated rings. The maximum atomic E-state index is 14.1. The molecule has 1 aliphatic rings. The first-order valence-corrected chi connectivity index (χ1v) is 9.87. The number of carbonyl (C=O) groups excluding carboxylic acids is 2. The molecule has 31 heavy (non-hydrogen) atoms. The van der Waals surface area contributed by atoms with E-state index in [9.17, 15) is 14.0 Å².